The number of aromatic nitrogens is 2. The summed E-state index contributed by atoms with van der Waals surface area (Å²) in [6.45, 7) is 0. The van der Waals surface area contributed by atoms with Crippen LogP contribution in [0.25, 0.3) is 11.1 Å². The van der Waals surface area contributed by atoms with Crippen molar-refractivity contribution < 1.29 is 4.79 Å². The second-order valence-electron chi connectivity index (χ2n) is 2.68. The van der Waals surface area contributed by atoms with E-state index in [0.29, 0.717) is 5.69 Å². The maximum Gasteiger partial charge on any atom is 0.168 e. The van der Waals surface area contributed by atoms with Gasteiger partial charge in [0.05, 0.1) is 6.20 Å². The molecule has 1 heterocycles. The second kappa shape index (κ2) is 3.23. The third-order valence-electron chi connectivity index (χ3n) is 1.87. The van der Waals surface area contributed by atoms with Crippen LogP contribution >= 0.6 is 0 Å². The third-order valence-corrected chi connectivity index (χ3v) is 1.87. The number of carbonyl (C=O) groups is 1. The molecule has 1 aromatic carbocycles. The van der Waals surface area contributed by atoms with E-state index in [-0.39, 0.29) is 0 Å². The Labute approximate surface area is 75.4 Å². The first-order valence-corrected chi connectivity index (χ1v) is 3.96. The van der Waals surface area contributed by atoms with E-state index >= 15 is 0 Å². The predicted octanol–water partition coefficient (Wildman–Crippen LogP) is 1.89. The maximum absolute atomic E-state index is 10.6. The zero-order chi connectivity index (χ0) is 9.10. The van der Waals surface area contributed by atoms with Gasteiger partial charge in [0.25, 0.3) is 0 Å². The number of benzene rings is 1. The standard InChI is InChI=1S/C10H8N2O/c13-7-10-9(6-11-12-10)8-4-2-1-3-5-8/h1-7H,(H,11,12). The van der Waals surface area contributed by atoms with E-state index in [1.807, 2.05) is 30.3 Å². The van der Waals surface area contributed by atoms with Crippen LogP contribution in [-0.4, -0.2) is 16.5 Å². The Hall–Kier alpha value is -1.90. The van der Waals surface area contributed by atoms with Gasteiger partial charge in [0.2, 0.25) is 0 Å². The molecule has 1 N–H and O–H groups in total. The molecule has 0 amide bonds. The molecule has 0 unspecified atom stereocenters. The highest BCUT2D eigenvalue weighted by atomic mass is 16.1. The molecule has 1 aromatic heterocycles. The molecule has 3 nitrogen and oxygen atoms in total. The molecule has 0 fully saturated rings. The van der Waals surface area contributed by atoms with Crippen molar-refractivity contribution in [2.75, 3.05) is 0 Å². The van der Waals surface area contributed by atoms with Crippen molar-refractivity contribution in [3.63, 3.8) is 0 Å². The Kier molecular flexibility index (Phi) is 1.92. The fourth-order valence-electron chi connectivity index (χ4n) is 1.23. The number of carbonyl (C=O) groups excluding carboxylic acids is 1. The van der Waals surface area contributed by atoms with Gasteiger partial charge in [0.15, 0.2) is 6.29 Å². The maximum atomic E-state index is 10.6. The number of nitrogens with one attached hydrogen (secondary N) is 1. The van der Waals surface area contributed by atoms with Gasteiger partial charge in [-0.15, -0.1) is 0 Å². The zero-order valence-corrected chi connectivity index (χ0v) is 6.90. The Morgan fingerprint density at radius 3 is 2.69 bits per heavy atom. The lowest BCUT2D eigenvalue weighted by Crippen LogP contribution is -1.83. The quantitative estimate of drug-likeness (QED) is 0.703. The first kappa shape index (κ1) is 7.73. The van der Waals surface area contributed by atoms with Gasteiger partial charge in [-0.25, -0.2) is 0 Å². The van der Waals surface area contributed by atoms with E-state index in [1.165, 1.54) is 0 Å². The number of nitrogens with zero attached hydrogens (tertiary/aromatic N) is 1. The molecule has 2 rings (SSSR count). The van der Waals surface area contributed by atoms with E-state index in [9.17, 15) is 4.79 Å². The molecule has 3 heteroatoms. The summed E-state index contributed by atoms with van der Waals surface area (Å²) in [5, 5.41) is 6.45. The van der Waals surface area contributed by atoms with Crippen molar-refractivity contribution in [1.29, 1.82) is 0 Å². The third kappa shape index (κ3) is 1.36. The van der Waals surface area contributed by atoms with Crippen LogP contribution in [0.2, 0.25) is 0 Å². The SMILES string of the molecule is O=Cc1[nH]ncc1-c1ccccc1. The Bertz CT molecular complexity index is 406. The molecule has 0 radical (unpaired) electrons. The van der Waals surface area contributed by atoms with Gasteiger partial charge in [-0.05, 0) is 5.56 Å². The molecule has 0 saturated carbocycles. The fraction of sp³-hybridized carbons (Fsp3) is 0. The average molecular weight is 172 g/mol. The summed E-state index contributed by atoms with van der Waals surface area (Å²) in [7, 11) is 0. The van der Waals surface area contributed by atoms with E-state index < -0.39 is 0 Å². The van der Waals surface area contributed by atoms with E-state index in [1.54, 1.807) is 6.20 Å². The molecule has 64 valence electrons. The van der Waals surface area contributed by atoms with Crippen molar-refractivity contribution in [3.8, 4) is 11.1 Å². The molecule has 0 aliphatic heterocycles. The number of aromatic amines is 1. The van der Waals surface area contributed by atoms with E-state index in [4.69, 9.17) is 0 Å². The largest absolute Gasteiger partial charge is 0.296 e. The van der Waals surface area contributed by atoms with Crippen LogP contribution in [0.4, 0.5) is 0 Å². The number of rotatable bonds is 2. The number of hydrogen-bond acceptors (Lipinski definition) is 2. The van der Waals surface area contributed by atoms with E-state index in [2.05, 4.69) is 10.2 Å². The first-order valence-electron chi connectivity index (χ1n) is 3.96. The minimum atomic E-state index is 0.520. The monoisotopic (exact) mass is 172 g/mol. The van der Waals surface area contributed by atoms with Gasteiger partial charge in [0, 0.05) is 5.56 Å². The van der Waals surface area contributed by atoms with Gasteiger partial charge in [-0.2, -0.15) is 5.10 Å². The van der Waals surface area contributed by atoms with Crippen molar-refractivity contribution in [1.82, 2.24) is 10.2 Å². The van der Waals surface area contributed by atoms with Crippen LogP contribution in [0.3, 0.4) is 0 Å². The minimum absolute atomic E-state index is 0.520. The van der Waals surface area contributed by atoms with Gasteiger partial charge >= 0.3 is 0 Å². The summed E-state index contributed by atoms with van der Waals surface area (Å²) in [5.74, 6) is 0. The van der Waals surface area contributed by atoms with Gasteiger partial charge in [0.1, 0.15) is 5.69 Å². The molecule has 0 aliphatic rings. The van der Waals surface area contributed by atoms with E-state index in [0.717, 1.165) is 17.4 Å². The van der Waals surface area contributed by atoms with Crippen molar-refractivity contribution in [3.05, 3.63) is 42.2 Å². The van der Waals surface area contributed by atoms with Crippen molar-refractivity contribution in [2.45, 2.75) is 0 Å². The van der Waals surface area contributed by atoms with Gasteiger partial charge in [-0.1, -0.05) is 30.3 Å². The Morgan fingerprint density at radius 2 is 2.00 bits per heavy atom. The molecular weight excluding hydrogens is 164 g/mol. The number of hydrogen-bond donors (Lipinski definition) is 1. The van der Waals surface area contributed by atoms with Crippen LogP contribution in [-0.2, 0) is 0 Å². The van der Waals surface area contributed by atoms with Crippen LogP contribution in [0.1, 0.15) is 10.5 Å². The summed E-state index contributed by atoms with van der Waals surface area (Å²) < 4.78 is 0. The second-order valence-corrected chi connectivity index (χ2v) is 2.68. The molecule has 0 saturated heterocycles. The molecule has 13 heavy (non-hydrogen) atoms. The molecule has 2 aromatic rings. The Morgan fingerprint density at radius 1 is 1.23 bits per heavy atom. The summed E-state index contributed by atoms with van der Waals surface area (Å²) in [4.78, 5) is 10.6. The molecule has 0 spiro atoms. The molecule has 0 bridgehead atoms. The highest BCUT2D eigenvalue weighted by Gasteiger charge is 2.04. The lowest BCUT2D eigenvalue weighted by Gasteiger charge is -1.95. The van der Waals surface area contributed by atoms with Crippen LogP contribution in [0, 0.1) is 0 Å². The fourth-order valence-corrected chi connectivity index (χ4v) is 1.23. The molecule has 0 aliphatic carbocycles. The topological polar surface area (TPSA) is 45.8 Å². The smallest absolute Gasteiger partial charge is 0.168 e. The molecule has 0 atom stereocenters. The average Bonchev–Trinajstić information content (AvgIpc) is 2.67. The summed E-state index contributed by atoms with van der Waals surface area (Å²) in [5.41, 5.74) is 2.36. The van der Waals surface area contributed by atoms with Crippen molar-refractivity contribution >= 4 is 6.29 Å². The lowest BCUT2D eigenvalue weighted by molar-refractivity contribution is 0.111. The normalized spacial score (nSPS) is 9.85. The summed E-state index contributed by atoms with van der Waals surface area (Å²) >= 11 is 0. The molecular formula is C10H8N2O. The highest BCUT2D eigenvalue weighted by molar-refractivity contribution is 5.84. The van der Waals surface area contributed by atoms with Crippen LogP contribution in [0.15, 0.2) is 36.5 Å². The number of aldehydes is 1. The first-order chi connectivity index (χ1) is 6.42. The van der Waals surface area contributed by atoms with Gasteiger partial charge < -0.3 is 0 Å². The predicted molar refractivity (Wildman–Crippen MR) is 49.4 cm³/mol. The Balaban J connectivity index is 2.52. The summed E-state index contributed by atoms with van der Waals surface area (Å²) in [6, 6.07) is 9.67. The van der Waals surface area contributed by atoms with Crippen molar-refractivity contribution in [2.24, 2.45) is 0 Å². The highest BCUT2D eigenvalue weighted by Crippen LogP contribution is 2.19. The lowest BCUT2D eigenvalue weighted by atomic mass is 10.1. The van der Waals surface area contributed by atoms with Gasteiger partial charge in [-0.3, -0.25) is 9.89 Å². The summed E-state index contributed by atoms with van der Waals surface area (Å²) in [6.07, 6.45) is 2.42. The van der Waals surface area contributed by atoms with Crippen LogP contribution < -0.4 is 0 Å². The van der Waals surface area contributed by atoms with Crippen LogP contribution in [0.5, 0.6) is 0 Å². The number of H-pyrrole nitrogens is 1. The minimum Gasteiger partial charge on any atom is -0.296 e. The zero-order valence-electron chi connectivity index (χ0n) is 6.90.